The number of hydrogen-bond acceptors (Lipinski definition) is 3. The van der Waals surface area contributed by atoms with Crippen molar-refractivity contribution in [3.05, 3.63) is 100 Å². The van der Waals surface area contributed by atoms with Gasteiger partial charge in [0, 0.05) is 40.9 Å². The molecule has 38 heavy (non-hydrogen) atoms. The van der Waals surface area contributed by atoms with Crippen molar-refractivity contribution in [2.45, 2.75) is 97.8 Å². The minimum absolute atomic E-state index is 0.0748. The monoisotopic (exact) mass is 507 g/mol. The van der Waals surface area contributed by atoms with Gasteiger partial charge in [-0.3, -0.25) is 0 Å². The highest BCUT2D eigenvalue weighted by Crippen LogP contribution is 2.60. The quantitative estimate of drug-likeness (QED) is 0.287. The van der Waals surface area contributed by atoms with Gasteiger partial charge in [-0.2, -0.15) is 0 Å². The van der Waals surface area contributed by atoms with Crippen LogP contribution in [0.4, 0.5) is 0 Å². The van der Waals surface area contributed by atoms with Gasteiger partial charge < -0.3 is 5.73 Å². The predicted octanol–water partition coefficient (Wildman–Crippen LogP) is 9.10. The van der Waals surface area contributed by atoms with Crippen LogP contribution in [0.1, 0.15) is 103 Å². The Morgan fingerprint density at radius 2 is 1.53 bits per heavy atom. The molecule has 4 aliphatic carbocycles. The number of aromatic nitrogens is 2. The zero-order valence-corrected chi connectivity index (χ0v) is 23.7. The first-order chi connectivity index (χ1) is 18.5. The highest BCUT2D eigenvalue weighted by Gasteiger charge is 2.46. The number of nitrogens with zero attached hydrogens (tertiary/aromatic N) is 2. The fourth-order valence-electron chi connectivity index (χ4n) is 7.05. The minimum atomic E-state index is -0.171. The van der Waals surface area contributed by atoms with Crippen LogP contribution in [0, 0.1) is 10.8 Å². The van der Waals surface area contributed by atoms with Crippen molar-refractivity contribution in [2.24, 2.45) is 16.6 Å². The third-order valence-corrected chi connectivity index (χ3v) is 9.23. The summed E-state index contributed by atoms with van der Waals surface area (Å²) in [5.41, 5.74) is 16.7. The lowest BCUT2D eigenvalue weighted by Gasteiger charge is -2.44. The molecule has 1 aromatic rings. The first-order valence-electron chi connectivity index (χ1n) is 15.0. The van der Waals surface area contributed by atoms with E-state index in [2.05, 4.69) is 73.3 Å². The van der Waals surface area contributed by atoms with Crippen LogP contribution in [-0.2, 0) is 0 Å². The largest absolute Gasteiger partial charge is 0.402 e. The second-order valence-corrected chi connectivity index (χ2v) is 12.1. The van der Waals surface area contributed by atoms with Crippen molar-refractivity contribution in [1.29, 1.82) is 0 Å². The predicted molar refractivity (Wildman–Crippen MR) is 160 cm³/mol. The molecule has 3 nitrogen and oxygen atoms in total. The van der Waals surface area contributed by atoms with E-state index in [1.165, 1.54) is 97.6 Å². The molecule has 1 aromatic heterocycles. The van der Waals surface area contributed by atoms with Crippen molar-refractivity contribution < 1.29 is 0 Å². The van der Waals surface area contributed by atoms with Crippen LogP contribution in [0.5, 0.6) is 0 Å². The van der Waals surface area contributed by atoms with Gasteiger partial charge in [-0.15, -0.1) is 0 Å². The Hall–Kier alpha value is -2.94. The summed E-state index contributed by atoms with van der Waals surface area (Å²) in [4.78, 5) is 8.71. The number of hydrogen-bond donors (Lipinski definition) is 1. The molecule has 0 aromatic carbocycles. The molecule has 0 amide bonds. The summed E-state index contributed by atoms with van der Waals surface area (Å²) >= 11 is 0. The summed E-state index contributed by atoms with van der Waals surface area (Å²) in [6.07, 6.45) is 37.4. The van der Waals surface area contributed by atoms with Crippen LogP contribution in [0.2, 0.25) is 0 Å². The molecular weight excluding hydrogens is 462 g/mol. The minimum Gasteiger partial charge on any atom is -0.402 e. The molecule has 2 atom stereocenters. The second-order valence-electron chi connectivity index (χ2n) is 12.1. The van der Waals surface area contributed by atoms with Gasteiger partial charge in [0.25, 0.3) is 0 Å². The fourth-order valence-corrected chi connectivity index (χ4v) is 7.05. The third kappa shape index (κ3) is 5.05. The van der Waals surface area contributed by atoms with Gasteiger partial charge >= 0.3 is 0 Å². The Labute approximate surface area is 230 Å². The van der Waals surface area contributed by atoms with Gasteiger partial charge in [-0.05, 0) is 59.3 Å². The summed E-state index contributed by atoms with van der Waals surface area (Å²) in [7, 11) is 0. The van der Waals surface area contributed by atoms with Gasteiger partial charge in [-0.1, -0.05) is 108 Å². The number of fused-ring (bicyclic) bond motifs is 4. The lowest BCUT2D eigenvalue weighted by Crippen LogP contribution is -2.32. The van der Waals surface area contributed by atoms with Crippen molar-refractivity contribution in [3.8, 4) is 0 Å². The molecule has 0 spiro atoms. The highest BCUT2D eigenvalue weighted by molar-refractivity contribution is 5.86. The Balaban J connectivity index is 1.36. The summed E-state index contributed by atoms with van der Waals surface area (Å²) < 4.78 is 0. The Kier molecular flexibility index (Phi) is 8.02. The van der Waals surface area contributed by atoms with Crippen LogP contribution in [0.15, 0.2) is 94.8 Å². The molecule has 5 rings (SSSR count). The third-order valence-electron chi connectivity index (χ3n) is 9.23. The Bertz CT molecular complexity index is 1250. The summed E-state index contributed by atoms with van der Waals surface area (Å²) in [6.45, 7) is 7.03. The average molecular weight is 508 g/mol. The molecule has 200 valence electrons. The van der Waals surface area contributed by atoms with Crippen molar-refractivity contribution in [3.63, 3.8) is 0 Å². The van der Waals surface area contributed by atoms with E-state index >= 15 is 0 Å². The fraction of sp³-hybridized carbons (Fsp3) is 0.486. The Morgan fingerprint density at radius 3 is 2.24 bits per heavy atom. The summed E-state index contributed by atoms with van der Waals surface area (Å²) in [5.74, 6) is 0. The van der Waals surface area contributed by atoms with E-state index in [4.69, 9.17) is 5.73 Å². The molecule has 0 radical (unpaired) electrons. The standard InChI is InChI=1S/C35H45N3/c1-4-5-6-7-8-9-10-11-12-13-14-26-21-32(27-23-37-25-38-24-27)34(2)20-19-31-30(33(26)34)18-16-28-15-17-29(36)22-35(28,31)3/h15-21,23-25H,4-14,22,36H2,1-3H3/t34-,35+/m0/s1. The molecule has 0 saturated heterocycles. The van der Waals surface area contributed by atoms with E-state index in [1.807, 2.05) is 12.4 Å². The zero-order chi connectivity index (χ0) is 26.6. The smallest absolute Gasteiger partial charge is 0.115 e. The van der Waals surface area contributed by atoms with Gasteiger partial charge in [0.05, 0.1) is 0 Å². The van der Waals surface area contributed by atoms with Crippen LogP contribution < -0.4 is 5.73 Å². The lowest BCUT2D eigenvalue weighted by molar-refractivity contribution is 0.474. The molecule has 0 bridgehead atoms. The number of nitrogens with two attached hydrogens (primary N) is 1. The number of unbranched alkanes of at least 4 members (excludes halogenated alkanes) is 9. The molecule has 0 fully saturated rings. The maximum absolute atomic E-state index is 6.36. The van der Waals surface area contributed by atoms with Gasteiger partial charge in [0.15, 0.2) is 0 Å². The first-order valence-corrected chi connectivity index (χ1v) is 15.0. The molecule has 2 N–H and O–H groups in total. The number of allylic oxidation sites excluding steroid dienone is 14. The van der Waals surface area contributed by atoms with E-state index in [1.54, 1.807) is 6.33 Å². The van der Waals surface area contributed by atoms with Crippen LogP contribution >= 0.6 is 0 Å². The van der Waals surface area contributed by atoms with E-state index in [0.717, 1.165) is 24.1 Å². The van der Waals surface area contributed by atoms with E-state index in [0.29, 0.717) is 0 Å². The Morgan fingerprint density at radius 1 is 0.842 bits per heavy atom. The van der Waals surface area contributed by atoms with Gasteiger partial charge in [-0.25, -0.2) is 9.97 Å². The second kappa shape index (κ2) is 11.4. The SMILES string of the molecule is CCCCCCCCCCCCC1=C2C3=C(C=C[C@@]2(C)C(c2cncnc2)=C1)[C@]1(C)CC(N)=CC=C1C=C3. The topological polar surface area (TPSA) is 51.8 Å². The van der Waals surface area contributed by atoms with E-state index in [-0.39, 0.29) is 10.8 Å². The summed E-state index contributed by atoms with van der Waals surface area (Å²) in [6, 6.07) is 0. The zero-order valence-electron chi connectivity index (χ0n) is 23.7. The van der Waals surface area contributed by atoms with Crippen LogP contribution in [-0.4, -0.2) is 9.97 Å². The maximum Gasteiger partial charge on any atom is 0.115 e. The van der Waals surface area contributed by atoms with Crippen molar-refractivity contribution in [1.82, 2.24) is 9.97 Å². The molecule has 0 unspecified atom stereocenters. The highest BCUT2D eigenvalue weighted by atomic mass is 14.8. The first kappa shape index (κ1) is 26.7. The normalized spacial score (nSPS) is 25.6. The number of rotatable bonds is 12. The molecule has 0 saturated carbocycles. The maximum atomic E-state index is 6.36. The molecular formula is C35H45N3. The van der Waals surface area contributed by atoms with Crippen molar-refractivity contribution in [2.75, 3.05) is 0 Å². The van der Waals surface area contributed by atoms with Gasteiger partial charge in [0.2, 0.25) is 0 Å². The molecule has 0 aliphatic heterocycles. The average Bonchev–Trinajstić information content (AvgIpc) is 3.22. The van der Waals surface area contributed by atoms with Crippen LogP contribution in [0.25, 0.3) is 5.57 Å². The van der Waals surface area contributed by atoms with E-state index < -0.39 is 0 Å². The molecule has 3 heteroatoms. The van der Waals surface area contributed by atoms with Crippen molar-refractivity contribution >= 4 is 5.57 Å². The lowest BCUT2D eigenvalue weighted by atomic mass is 9.60. The summed E-state index contributed by atoms with van der Waals surface area (Å²) in [5, 5.41) is 0. The van der Waals surface area contributed by atoms with Gasteiger partial charge in [0.1, 0.15) is 6.33 Å². The molecule has 1 heterocycles. The van der Waals surface area contributed by atoms with E-state index in [9.17, 15) is 0 Å². The molecule has 4 aliphatic rings. The van der Waals surface area contributed by atoms with Crippen LogP contribution in [0.3, 0.4) is 0 Å².